The number of hydrogen-bond donors (Lipinski definition) is 1. The van der Waals surface area contributed by atoms with Crippen molar-refractivity contribution in [2.75, 3.05) is 12.4 Å². The number of anilines is 1. The van der Waals surface area contributed by atoms with Crippen LogP contribution in [-0.4, -0.2) is 28.8 Å². The number of nitrogens with one attached hydrogen (secondary N) is 1. The van der Waals surface area contributed by atoms with Crippen LogP contribution in [0.15, 0.2) is 48.5 Å². The molecule has 1 amide bonds. The molecule has 0 aliphatic carbocycles. The van der Waals surface area contributed by atoms with Crippen LogP contribution in [0.3, 0.4) is 0 Å². The summed E-state index contributed by atoms with van der Waals surface area (Å²) >= 11 is 0. The first-order valence-electron chi connectivity index (χ1n) is 7.65. The van der Waals surface area contributed by atoms with Crippen molar-refractivity contribution in [3.63, 3.8) is 0 Å². The number of benzene rings is 2. The molecule has 0 bridgehead atoms. The number of hydrogen-bond acceptors (Lipinski definition) is 5. The van der Waals surface area contributed by atoms with Crippen molar-refractivity contribution < 1.29 is 9.72 Å². The Morgan fingerprint density at radius 1 is 1.32 bits per heavy atom. The van der Waals surface area contributed by atoms with E-state index in [1.807, 2.05) is 11.0 Å². The summed E-state index contributed by atoms with van der Waals surface area (Å²) in [6, 6.07) is 14.6. The van der Waals surface area contributed by atoms with Crippen molar-refractivity contribution in [2.45, 2.75) is 19.5 Å². The molecule has 7 heteroatoms. The number of likely N-dealkylation sites (N-methyl/N-ethyl adjacent to an activating group) is 1. The third-order valence-electron chi connectivity index (χ3n) is 3.85. The van der Waals surface area contributed by atoms with Gasteiger partial charge in [0.2, 0.25) is 5.91 Å². The van der Waals surface area contributed by atoms with Gasteiger partial charge in [0.05, 0.1) is 22.6 Å². The quantitative estimate of drug-likeness (QED) is 0.645. The number of amides is 1. The SMILES string of the molecule is CC(C(=O)Nc1cccc([N+](=O)[O-])c1)N(C)Cc1cccc(C#N)c1. The summed E-state index contributed by atoms with van der Waals surface area (Å²) in [5, 5.41) is 22.4. The van der Waals surface area contributed by atoms with Crippen molar-refractivity contribution in [3.8, 4) is 6.07 Å². The van der Waals surface area contributed by atoms with Gasteiger partial charge in [0.15, 0.2) is 0 Å². The van der Waals surface area contributed by atoms with E-state index in [-0.39, 0.29) is 11.6 Å². The lowest BCUT2D eigenvalue weighted by molar-refractivity contribution is -0.384. The number of carbonyl (C=O) groups excluding carboxylic acids is 1. The highest BCUT2D eigenvalue weighted by atomic mass is 16.6. The molecular weight excluding hydrogens is 320 g/mol. The minimum absolute atomic E-state index is 0.0767. The first kappa shape index (κ1) is 18.1. The van der Waals surface area contributed by atoms with Gasteiger partial charge in [-0.25, -0.2) is 0 Å². The maximum Gasteiger partial charge on any atom is 0.271 e. The van der Waals surface area contributed by atoms with Crippen molar-refractivity contribution in [3.05, 3.63) is 69.8 Å². The maximum absolute atomic E-state index is 12.4. The molecule has 0 fully saturated rings. The lowest BCUT2D eigenvalue weighted by atomic mass is 10.1. The zero-order valence-electron chi connectivity index (χ0n) is 14.0. The van der Waals surface area contributed by atoms with Gasteiger partial charge in [-0.2, -0.15) is 5.26 Å². The van der Waals surface area contributed by atoms with E-state index in [0.717, 1.165) is 5.56 Å². The van der Waals surface area contributed by atoms with Crippen LogP contribution in [0.2, 0.25) is 0 Å². The van der Waals surface area contributed by atoms with E-state index in [4.69, 9.17) is 5.26 Å². The van der Waals surface area contributed by atoms with Gasteiger partial charge in [0, 0.05) is 24.4 Å². The Kier molecular flexibility index (Phi) is 5.82. The normalized spacial score (nSPS) is 11.6. The molecule has 0 heterocycles. The van der Waals surface area contributed by atoms with E-state index in [0.29, 0.717) is 17.8 Å². The fourth-order valence-corrected chi connectivity index (χ4v) is 2.31. The Morgan fingerprint density at radius 3 is 2.72 bits per heavy atom. The van der Waals surface area contributed by atoms with Crippen LogP contribution < -0.4 is 5.32 Å². The minimum atomic E-state index is -0.507. The average molecular weight is 338 g/mol. The summed E-state index contributed by atoms with van der Waals surface area (Å²) < 4.78 is 0. The zero-order valence-corrected chi connectivity index (χ0v) is 14.0. The fourth-order valence-electron chi connectivity index (χ4n) is 2.31. The van der Waals surface area contributed by atoms with E-state index in [1.165, 1.54) is 18.2 Å². The summed E-state index contributed by atoms with van der Waals surface area (Å²) in [7, 11) is 1.80. The van der Waals surface area contributed by atoms with Gasteiger partial charge in [-0.15, -0.1) is 0 Å². The minimum Gasteiger partial charge on any atom is -0.324 e. The molecule has 7 nitrogen and oxygen atoms in total. The second kappa shape index (κ2) is 8.04. The second-order valence-electron chi connectivity index (χ2n) is 5.70. The van der Waals surface area contributed by atoms with Gasteiger partial charge in [-0.3, -0.25) is 19.8 Å². The van der Waals surface area contributed by atoms with Gasteiger partial charge in [0.1, 0.15) is 0 Å². The highest BCUT2D eigenvalue weighted by molar-refractivity contribution is 5.94. The molecule has 2 aromatic carbocycles. The lowest BCUT2D eigenvalue weighted by Crippen LogP contribution is -2.39. The molecule has 2 aromatic rings. The number of nitrogens with zero attached hydrogens (tertiary/aromatic N) is 3. The van der Waals surface area contributed by atoms with E-state index >= 15 is 0 Å². The summed E-state index contributed by atoms with van der Waals surface area (Å²) in [6.45, 7) is 2.25. The summed E-state index contributed by atoms with van der Waals surface area (Å²) in [4.78, 5) is 24.5. The first-order chi connectivity index (χ1) is 11.9. The molecule has 1 N–H and O–H groups in total. The van der Waals surface area contributed by atoms with Gasteiger partial charge >= 0.3 is 0 Å². The molecule has 0 saturated heterocycles. The molecular formula is C18H18N4O3. The summed E-state index contributed by atoms with van der Waals surface area (Å²) in [5.74, 6) is -0.264. The van der Waals surface area contributed by atoms with Gasteiger partial charge in [0.25, 0.3) is 5.69 Å². The van der Waals surface area contributed by atoms with Crippen molar-refractivity contribution >= 4 is 17.3 Å². The Morgan fingerprint density at radius 2 is 2.04 bits per heavy atom. The van der Waals surface area contributed by atoms with Crippen molar-refractivity contribution in [1.82, 2.24) is 4.90 Å². The fraction of sp³-hybridized carbons (Fsp3) is 0.222. The average Bonchev–Trinajstić information content (AvgIpc) is 2.61. The number of nitro groups is 1. The maximum atomic E-state index is 12.4. The Balaban J connectivity index is 2.02. The van der Waals surface area contributed by atoms with E-state index < -0.39 is 11.0 Å². The molecule has 1 unspecified atom stereocenters. The predicted molar refractivity (Wildman–Crippen MR) is 93.8 cm³/mol. The van der Waals surface area contributed by atoms with Gasteiger partial charge in [-0.1, -0.05) is 18.2 Å². The third kappa shape index (κ3) is 4.86. The molecule has 2 rings (SSSR count). The zero-order chi connectivity index (χ0) is 18.4. The number of nitriles is 1. The molecule has 0 spiro atoms. The lowest BCUT2D eigenvalue weighted by Gasteiger charge is -2.24. The largest absolute Gasteiger partial charge is 0.324 e. The monoisotopic (exact) mass is 338 g/mol. The summed E-state index contributed by atoms with van der Waals surface area (Å²) in [5.41, 5.74) is 1.80. The Labute approximate surface area is 145 Å². The Hall–Kier alpha value is -3.24. The van der Waals surface area contributed by atoms with Crippen LogP contribution in [0.1, 0.15) is 18.1 Å². The van der Waals surface area contributed by atoms with Crippen LogP contribution >= 0.6 is 0 Å². The highest BCUT2D eigenvalue weighted by Gasteiger charge is 2.19. The summed E-state index contributed by atoms with van der Waals surface area (Å²) in [6.07, 6.45) is 0. The number of rotatable bonds is 6. The smallest absolute Gasteiger partial charge is 0.271 e. The van der Waals surface area contributed by atoms with Crippen LogP contribution in [-0.2, 0) is 11.3 Å². The number of non-ortho nitro benzene ring substituents is 1. The molecule has 0 radical (unpaired) electrons. The molecule has 0 saturated carbocycles. The van der Waals surface area contributed by atoms with Crippen LogP contribution in [0.4, 0.5) is 11.4 Å². The van der Waals surface area contributed by atoms with Crippen LogP contribution in [0.25, 0.3) is 0 Å². The van der Waals surface area contributed by atoms with Crippen LogP contribution in [0.5, 0.6) is 0 Å². The van der Waals surface area contributed by atoms with E-state index in [1.54, 1.807) is 38.2 Å². The first-order valence-corrected chi connectivity index (χ1v) is 7.65. The van der Waals surface area contributed by atoms with Gasteiger partial charge in [-0.05, 0) is 37.7 Å². The van der Waals surface area contributed by atoms with Crippen molar-refractivity contribution in [2.24, 2.45) is 0 Å². The molecule has 0 aromatic heterocycles. The predicted octanol–water partition coefficient (Wildman–Crippen LogP) is 2.93. The molecule has 0 aliphatic rings. The molecule has 0 aliphatic heterocycles. The standard InChI is InChI=1S/C18H18N4O3/c1-13(21(2)12-15-6-3-5-14(9-15)11-19)18(23)20-16-7-4-8-17(10-16)22(24)25/h3-10,13H,12H2,1-2H3,(H,20,23). The topological polar surface area (TPSA) is 99.3 Å². The molecule has 1 atom stereocenters. The second-order valence-corrected chi connectivity index (χ2v) is 5.70. The number of nitro benzene ring substituents is 1. The Bertz CT molecular complexity index is 829. The van der Waals surface area contributed by atoms with E-state index in [2.05, 4.69) is 11.4 Å². The van der Waals surface area contributed by atoms with Gasteiger partial charge < -0.3 is 5.32 Å². The molecule has 25 heavy (non-hydrogen) atoms. The third-order valence-corrected chi connectivity index (χ3v) is 3.85. The van der Waals surface area contributed by atoms with Crippen molar-refractivity contribution in [1.29, 1.82) is 5.26 Å². The number of carbonyl (C=O) groups is 1. The van der Waals surface area contributed by atoms with E-state index in [9.17, 15) is 14.9 Å². The highest BCUT2D eigenvalue weighted by Crippen LogP contribution is 2.18. The molecule has 128 valence electrons. The van der Waals surface area contributed by atoms with Crippen LogP contribution in [0, 0.1) is 21.4 Å².